The molecule has 30 heavy (non-hydrogen) atoms. The summed E-state index contributed by atoms with van der Waals surface area (Å²) in [5.41, 5.74) is 3.33. The van der Waals surface area contributed by atoms with E-state index in [4.69, 9.17) is 0 Å². The van der Waals surface area contributed by atoms with Gasteiger partial charge >= 0.3 is 0 Å². The molecule has 1 aliphatic carbocycles. The van der Waals surface area contributed by atoms with Gasteiger partial charge in [-0.05, 0) is 38.3 Å². The standard InChI is InChI=1S/C21H22N8O/c1-21(28-7-2-3-18(28)30)9-13(10-21)25-20-24-12-15-14(11-23-19(15)26-20)16-4-5-17-22-6-8-29(17)27-16/h4-6,8,11-13H,2-3,7,9-10H2,1H3,(H2,23,24,25,26). The maximum absolute atomic E-state index is 12.1. The lowest BCUT2D eigenvalue weighted by molar-refractivity contribution is -0.136. The number of nitrogens with one attached hydrogen (secondary N) is 2. The van der Waals surface area contributed by atoms with Gasteiger partial charge in [-0.25, -0.2) is 14.5 Å². The van der Waals surface area contributed by atoms with E-state index in [-0.39, 0.29) is 17.5 Å². The van der Waals surface area contributed by atoms with Crippen LogP contribution in [0.15, 0.2) is 36.9 Å². The van der Waals surface area contributed by atoms with Crippen molar-refractivity contribution in [1.29, 1.82) is 0 Å². The monoisotopic (exact) mass is 402 g/mol. The van der Waals surface area contributed by atoms with Gasteiger partial charge in [0.1, 0.15) is 5.65 Å². The van der Waals surface area contributed by atoms with Crippen LogP contribution < -0.4 is 5.32 Å². The minimum absolute atomic E-state index is 0.0351. The number of carbonyl (C=O) groups excluding carboxylic acids is 1. The fourth-order valence-electron chi connectivity index (χ4n) is 4.87. The number of rotatable bonds is 4. The third-order valence-electron chi connectivity index (χ3n) is 6.39. The van der Waals surface area contributed by atoms with E-state index in [0.717, 1.165) is 53.7 Å². The van der Waals surface area contributed by atoms with E-state index in [1.807, 2.05) is 30.7 Å². The molecule has 4 aromatic heterocycles. The quantitative estimate of drug-likeness (QED) is 0.544. The minimum Gasteiger partial charge on any atom is -0.351 e. The number of H-pyrrole nitrogens is 1. The zero-order valence-corrected chi connectivity index (χ0v) is 16.7. The molecule has 0 bridgehead atoms. The number of hydrogen-bond donors (Lipinski definition) is 2. The van der Waals surface area contributed by atoms with Crippen LogP contribution >= 0.6 is 0 Å². The van der Waals surface area contributed by atoms with Crippen LogP contribution in [0.1, 0.15) is 32.6 Å². The lowest BCUT2D eigenvalue weighted by Crippen LogP contribution is -2.59. The number of fused-ring (bicyclic) bond motifs is 2. The van der Waals surface area contributed by atoms with Crippen molar-refractivity contribution in [1.82, 2.24) is 34.4 Å². The van der Waals surface area contributed by atoms with E-state index < -0.39 is 0 Å². The third-order valence-corrected chi connectivity index (χ3v) is 6.39. The SMILES string of the molecule is CC1(N2CCCC2=O)CC(Nc2ncc3c(-c4ccc5nccn5n4)c[nH]c3n2)C1. The van der Waals surface area contributed by atoms with E-state index in [9.17, 15) is 4.79 Å². The highest BCUT2D eigenvalue weighted by molar-refractivity contribution is 5.92. The van der Waals surface area contributed by atoms with Crippen LogP contribution in [0.4, 0.5) is 5.95 Å². The first-order chi connectivity index (χ1) is 14.6. The van der Waals surface area contributed by atoms with E-state index in [1.165, 1.54) is 0 Å². The Morgan fingerprint density at radius 1 is 1.27 bits per heavy atom. The Labute approximate surface area is 172 Å². The first-order valence-electron chi connectivity index (χ1n) is 10.3. The van der Waals surface area contributed by atoms with E-state index in [0.29, 0.717) is 12.4 Å². The van der Waals surface area contributed by atoms with Crippen LogP contribution in [0.25, 0.3) is 27.9 Å². The maximum atomic E-state index is 12.1. The van der Waals surface area contributed by atoms with Crippen LogP contribution in [-0.4, -0.2) is 58.5 Å². The van der Waals surface area contributed by atoms with E-state index in [2.05, 4.69) is 42.2 Å². The molecule has 5 heterocycles. The molecule has 1 saturated carbocycles. The number of anilines is 1. The van der Waals surface area contributed by atoms with Crippen LogP contribution in [-0.2, 0) is 4.79 Å². The van der Waals surface area contributed by atoms with Gasteiger partial charge in [0, 0.05) is 60.3 Å². The predicted octanol–water partition coefficient (Wildman–Crippen LogP) is 2.62. The Kier molecular flexibility index (Phi) is 3.62. The van der Waals surface area contributed by atoms with Crippen LogP contribution in [0.5, 0.6) is 0 Å². The van der Waals surface area contributed by atoms with Crippen molar-refractivity contribution >= 4 is 28.5 Å². The third kappa shape index (κ3) is 2.65. The number of imidazole rings is 1. The number of carbonyl (C=O) groups is 1. The Balaban J connectivity index is 1.20. The van der Waals surface area contributed by atoms with Gasteiger partial charge in [0.15, 0.2) is 5.65 Å². The molecule has 2 N–H and O–H groups in total. The molecular formula is C21H22N8O. The lowest BCUT2D eigenvalue weighted by atomic mass is 9.73. The van der Waals surface area contributed by atoms with Crippen LogP contribution in [0.3, 0.4) is 0 Å². The summed E-state index contributed by atoms with van der Waals surface area (Å²) in [6.45, 7) is 3.06. The molecule has 0 unspecified atom stereocenters. The molecule has 6 rings (SSSR count). The molecule has 0 radical (unpaired) electrons. The molecule has 9 heteroatoms. The first-order valence-corrected chi connectivity index (χ1v) is 10.3. The normalized spacial score (nSPS) is 24.0. The Morgan fingerprint density at radius 3 is 3.00 bits per heavy atom. The predicted molar refractivity (Wildman–Crippen MR) is 112 cm³/mol. The van der Waals surface area contributed by atoms with Gasteiger partial charge in [-0.3, -0.25) is 4.79 Å². The largest absolute Gasteiger partial charge is 0.351 e. The second-order valence-corrected chi connectivity index (χ2v) is 8.50. The molecular weight excluding hydrogens is 380 g/mol. The van der Waals surface area contributed by atoms with Crippen molar-refractivity contribution in [2.75, 3.05) is 11.9 Å². The smallest absolute Gasteiger partial charge is 0.224 e. The minimum atomic E-state index is -0.0351. The zero-order chi connectivity index (χ0) is 20.3. The average molecular weight is 402 g/mol. The molecule has 4 aromatic rings. The maximum Gasteiger partial charge on any atom is 0.224 e. The number of nitrogens with zero attached hydrogens (tertiary/aromatic N) is 6. The Hall–Kier alpha value is -3.49. The number of hydrogen-bond acceptors (Lipinski definition) is 6. The van der Waals surface area contributed by atoms with Gasteiger partial charge in [0.2, 0.25) is 11.9 Å². The highest BCUT2D eigenvalue weighted by Gasteiger charge is 2.48. The van der Waals surface area contributed by atoms with Gasteiger partial charge < -0.3 is 15.2 Å². The summed E-state index contributed by atoms with van der Waals surface area (Å²) >= 11 is 0. The highest BCUT2D eigenvalue weighted by atomic mass is 16.2. The van der Waals surface area contributed by atoms with Crippen molar-refractivity contribution in [3.8, 4) is 11.3 Å². The van der Waals surface area contributed by atoms with Gasteiger partial charge in [0.25, 0.3) is 0 Å². The van der Waals surface area contributed by atoms with Crippen LogP contribution in [0, 0.1) is 0 Å². The molecule has 1 amide bonds. The lowest BCUT2D eigenvalue weighted by Gasteiger charge is -2.51. The first kappa shape index (κ1) is 17.4. The number of aromatic nitrogens is 6. The van der Waals surface area contributed by atoms with Crippen molar-refractivity contribution in [2.45, 2.75) is 44.2 Å². The Bertz CT molecular complexity index is 1270. The summed E-state index contributed by atoms with van der Waals surface area (Å²) in [6.07, 6.45) is 10.8. The zero-order valence-electron chi connectivity index (χ0n) is 16.7. The van der Waals surface area contributed by atoms with Gasteiger partial charge in [-0.2, -0.15) is 10.1 Å². The van der Waals surface area contributed by atoms with E-state index >= 15 is 0 Å². The molecule has 1 aliphatic heterocycles. The van der Waals surface area contributed by atoms with E-state index in [1.54, 1.807) is 10.7 Å². The summed E-state index contributed by atoms with van der Waals surface area (Å²) in [5.74, 6) is 0.892. The van der Waals surface area contributed by atoms with Crippen LogP contribution in [0.2, 0.25) is 0 Å². The summed E-state index contributed by atoms with van der Waals surface area (Å²) in [5, 5.41) is 8.96. The molecule has 152 valence electrons. The molecule has 2 fully saturated rings. The highest BCUT2D eigenvalue weighted by Crippen LogP contribution is 2.41. The molecule has 0 spiro atoms. The summed E-state index contributed by atoms with van der Waals surface area (Å²) in [6, 6.07) is 4.17. The fourth-order valence-corrected chi connectivity index (χ4v) is 4.87. The van der Waals surface area contributed by atoms with Gasteiger partial charge in [-0.15, -0.1) is 0 Å². The summed E-state index contributed by atoms with van der Waals surface area (Å²) in [7, 11) is 0. The average Bonchev–Trinajstić information content (AvgIpc) is 3.44. The molecule has 1 saturated heterocycles. The fraction of sp³-hybridized carbons (Fsp3) is 0.381. The summed E-state index contributed by atoms with van der Waals surface area (Å²) in [4.78, 5) is 30.8. The Morgan fingerprint density at radius 2 is 2.17 bits per heavy atom. The second kappa shape index (κ2) is 6.25. The van der Waals surface area contributed by atoms with Crippen molar-refractivity contribution in [3.63, 3.8) is 0 Å². The molecule has 2 aliphatic rings. The summed E-state index contributed by atoms with van der Waals surface area (Å²) < 4.78 is 1.75. The van der Waals surface area contributed by atoms with Crippen molar-refractivity contribution < 1.29 is 4.79 Å². The van der Waals surface area contributed by atoms with Gasteiger partial charge in [-0.1, -0.05) is 0 Å². The number of aromatic amines is 1. The second-order valence-electron chi connectivity index (χ2n) is 8.50. The topological polar surface area (TPSA) is 104 Å². The van der Waals surface area contributed by atoms with Crippen molar-refractivity contribution in [3.05, 3.63) is 36.9 Å². The molecule has 9 nitrogen and oxygen atoms in total. The number of amides is 1. The molecule has 0 atom stereocenters. The number of likely N-dealkylation sites (tertiary alicyclic amines) is 1. The van der Waals surface area contributed by atoms with Crippen molar-refractivity contribution in [2.24, 2.45) is 0 Å². The molecule has 0 aromatic carbocycles. The van der Waals surface area contributed by atoms with Gasteiger partial charge in [0.05, 0.1) is 5.69 Å².